The van der Waals surface area contributed by atoms with Gasteiger partial charge in [-0.25, -0.2) is 4.79 Å². The summed E-state index contributed by atoms with van der Waals surface area (Å²) in [5.74, 6) is -1.77. The van der Waals surface area contributed by atoms with Gasteiger partial charge in [0.2, 0.25) is 0 Å². The van der Waals surface area contributed by atoms with Gasteiger partial charge >= 0.3 is 5.97 Å². The molecule has 7 aliphatic rings. The van der Waals surface area contributed by atoms with E-state index in [4.69, 9.17) is 18.9 Å². The summed E-state index contributed by atoms with van der Waals surface area (Å²) in [6, 6.07) is 0. The van der Waals surface area contributed by atoms with Crippen molar-refractivity contribution < 1.29 is 79.9 Å². The molecule has 2 aliphatic heterocycles. The number of hydrogen-bond acceptors (Lipinski definition) is 15. The summed E-state index contributed by atoms with van der Waals surface area (Å²) in [4.78, 5) is 12.3. The Morgan fingerprint density at radius 2 is 1.40 bits per heavy atom. The van der Waals surface area contributed by atoms with E-state index < -0.39 is 109 Å². The van der Waals surface area contributed by atoms with Crippen LogP contribution in [-0.4, -0.2) is 162 Å². The van der Waals surface area contributed by atoms with Gasteiger partial charge in [0, 0.05) is 5.41 Å². The minimum absolute atomic E-state index is 0.108. The van der Waals surface area contributed by atoms with Crippen molar-refractivity contribution in [1.82, 2.24) is 0 Å². The number of carboxylic acids is 1. The molecule has 0 aromatic heterocycles. The molecule has 332 valence electrons. The van der Waals surface area contributed by atoms with E-state index in [1.54, 1.807) is 0 Å². The minimum Gasteiger partial charge on any atom is -0.479 e. The quantitative estimate of drug-likeness (QED) is 0.112. The van der Waals surface area contributed by atoms with Crippen LogP contribution >= 0.6 is 0 Å². The molecule has 0 unspecified atom stereocenters. The number of rotatable bonds is 8. The lowest BCUT2D eigenvalue weighted by Gasteiger charge is -2.72. The van der Waals surface area contributed by atoms with Gasteiger partial charge in [0.15, 0.2) is 18.7 Å². The minimum atomic E-state index is -2.00. The van der Waals surface area contributed by atoms with Crippen LogP contribution < -0.4 is 0 Å². The Morgan fingerprint density at radius 1 is 0.741 bits per heavy atom. The van der Waals surface area contributed by atoms with Crippen molar-refractivity contribution in [3.8, 4) is 0 Å². The average Bonchev–Trinajstić information content (AvgIpc) is 3.15. The predicted octanol–water partition coefficient (Wildman–Crippen LogP) is -0.204. The zero-order valence-corrected chi connectivity index (χ0v) is 34.6. The zero-order chi connectivity index (χ0) is 42.7. The summed E-state index contributed by atoms with van der Waals surface area (Å²) in [7, 11) is 0. The lowest BCUT2D eigenvalue weighted by atomic mass is 9.33. The number of carbonyl (C=O) groups is 1. The second-order valence-electron chi connectivity index (χ2n) is 20.8. The first-order valence-corrected chi connectivity index (χ1v) is 21.2. The van der Waals surface area contributed by atoms with Crippen LogP contribution in [-0.2, 0) is 23.7 Å². The molecule has 2 saturated heterocycles. The first kappa shape index (κ1) is 44.7. The van der Waals surface area contributed by atoms with Gasteiger partial charge in [0.25, 0.3) is 0 Å². The molecule has 4 saturated carbocycles. The maximum absolute atomic E-state index is 12.3. The van der Waals surface area contributed by atoms with Gasteiger partial charge in [0.05, 0.1) is 43.5 Å². The first-order valence-electron chi connectivity index (χ1n) is 21.2. The van der Waals surface area contributed by atoms with Crippen LogP contribution in [0.2, 0.25) is 0 Å². The van der Waals surface area contributed by atoms with Crippen molar-refractivity contribution in [2.45, 2.75) is 173 Å². The van der Waals surface area contributed by atoms with Crippen molar-refractivity contribution in [3.63, 3.8) is 0 Å². The summed E-state index contributed by atoms with van der Waals surface area (Å²) in [5.41, 5.74) is -1.97. The number of aliphatic hydroxyl groups is 10. The van der Waals surface area contributed by atoms with Crippen molar-refractivity contribution in [2.75, 3.05) is 19.8 Å². The van der Waals surface area contributed by atoms with Crippen molar-refractivity contribution in [1.29, 1.82) is 0 Å². The first-order chi connectivity index (χ1) is 27.0. The molecule has 58 heavy (non-hydrogen) atoms. The fourth-order valence-corrected chi connectivity index (χ4v) is 14.0. The summed E-state index contributed by atoms with van der Waals surface area (Å²) in [5, 5.41) is 119. The van der Waals surface area contributed by atoms with Gasteiger partial charge in [0.1, 0.15) is 42.7 Å². The Kier molecular flexibility index (Phi) is 11.7. The molecule has 6 fully saturated rings. The van der Waals surface area contributed by atoms with Crippen molar-refractivity contribution in [2.24, 2.45) is 50.2 Å². The molecule has 0 aromatic carbocycles. The topological polar surface area (TPSA) is 277 Å². The number of hydrogen-bond donors (Lipinski definition) is 11. The third-order valence-electron chi connectivity index (χ3n) is 17.5. The maximum Gasteiger partial charge on any atom is 0.335 e. The molecule has 0 spiro atoms. The van der Waals surface area contributed by atoms with Crippen LogP contribution in [0.15, 0.2) is 11.6 Å². The van der Waals surface area contributed by atoms with Crippen LogP contribution in [0.4, 0.5) is 0 Å². The summed E-state index contributed by atoms with van der Waals surface area (Å²) in [6.45, 7) is 11.7. The number of fused-ring (bicyclic) bond motifs is 7. The van der Waals surface area contributed by atoms with E-state index in [1.165, 1.54) is 5.57 Å². The molecule has 11 N–H and O–H groups in total. The lowest BCUT2D eigenvalue weighted by Crippen LogP contribution is -2.70. The highest BCUT2D eigenvalue weighted by Gasteiger charge is 2.72. The number of allylic oxidation sites excluding steroid dienone is 2. The fraction of sp³-hybridized carbons (Fsp3) is 0.929. The maximum atomic E-state index is 12.3. The highest BCUT2D eigenvalue weighted by molar-refractivity contribution is 5.73. The van der Waals surface area contributed by atoms with Crippen LogP contribution in [0.5, 0.6) is 0 Å². The molecule has 7 rings (SSSR count). The second kappa shape index (κ2) is 15.2. The molecule has 21 atom stereocenters. The molecule has 0 bridgehead atoms. The summed E-state index contributed by atoms with van der Waals surface area (Å²) >= 11 is 0. The van der Waals surface area contributed by atoms with E-state index in [-0.39, 0.29) is 47.2 Å². The van der Waals surface area contributed by atoms with Crippen LogP contribution in [0.1, 0.15) is 92.9 Å². The molecule has 16 heteroatoms. The molecule has 16 nitrogen and oxygen atoms in total. The number of aliphatic carboxylic acids is 1. The van der Waals surface area contributed by atoms with Gasteiger partial charge in [-0.05, 0) is 90.8 Å². The van der Waals surface area contributed by atoms with Crippen LogP contribution in [0.3, 0.4) is 0 Å². The van der Waals surface area contributed by atoms with E-state index in [0.29, 0.717) is 32.1 Å². The molecule has 2 heterocycles. The molecule has 0 amide bonds. The van der Waals surface area contributed by atoms with Gasteiger partial charge in [-0.2, -0.15) is 0 Å². The highest BCUT2D eigenvalue weighted by atomic mass is 16.7. The fourth-order valence-electron chi connectivity index (χ4n) is 14.0. The van der Waals surface area contributed by atoms with Crippen LogP contribution in [0.25, 0.3) is 0 Å². The van der Waals surface area contributed by atoms with Gasteiger partial charge in [-0.15, -0.1) is 0 Å². The predicted molar refractivity (Wildman–Crippen MR) is 202 cm³/mol. The smallest absolute Gasteiger partial charge is 0.335 e. The molecular formula is C42H68O16. The highest BCUT2D eigenvalue weighted by Crippen LogP contribution is 2.76. The van der Waals surface area contributed by atoms with E-state index >= 15 is 0 Å². The Labute approximate surface area is 339 Å². The Balaban J connectivity index is 1.16. The standard InChI is InChI=1S/C42H68O16/c1-37(2)13-20-19-7-8-23-38(3)11-10-26(39(4,17-44)22(38)9-12-40(23,5)41(19,6)15-25(47)42(20,18-45)24(46)14-37)56-36-31(52)32(30(51)33(58-36)34(53)54)57-35-29(50)28(49)27(48)21(16-43)55-35/h7,20-33,35-36,43-52H,8-18H2,1-6H3,(H,53,54)/t20-,21+,22+,23+,24-,25-,26-,27+,28-,29+,30-,31+,32-,33-,35-,36+,38-,39-,40+,41+,42+/m0/s1. The van der Waals surface area contributed by atoms with E-state index in [0.717, 1.165) is 19.3 Å². The molecule has 5 aliphatic carbocycles. The SMILES string of the molecule is CC1(C)C[C@H](O)[C@]2(CO)[C@@H](O)C[C@]3(C)C(=CC[C@@H]4[C@@]5(C)CC[C@H](O[C@@H]6O[C@H](C(=O)O)[C@@H](O)[C@H](O[C@@H]7O[C@H](CO)[C@@H](O)[C@H](O)[C@H]7O)[C@H]6O)[C@@](C)(CO)[C@@H]5CC[C@]43C)[C@@H]2C1. The van der Waals surface area contributed by atoms with E-state index in [2.05, 4.69) is 40.7 Å². The summed E-state index contributed by atoms with van der Waals surface area (Å²) in [6.07, 6.45) is -13.1. The van der Waals surface area contributed by atoms with Gasteiger partial charge in [-0.3, -0.25) is 0 Å². The number of aliphatic hydroxyl groups excluding tert-OH is 10. The van der Waals surface area contributed by atoms with E-state index in [1.807, 2.05) is 6.92 Å². The molecule has 0 radical (unpaired) electrons. The van der Waals surface area contributed by atoms with E-state index in [9.17, 15) is 61.0 Å². The largest absolute Gasteiger partial charge is 0.479 e. The third kappa shape index (κ3) is 6.33. The third-order valence-corrected chi connectivity index (χ3v) is 17.5. The zero-order valence-electron chi connectivity index (χ0n) is 34.6. The molecular weight excluding hydrogens is 760 g/mol. The lowest BCUT2D eigenvalue weighted by molar-refractivity contribution is -0.366. The van der Waals surface area contributed by atoms with Crippen LogP contribution in [0, 0.1) is 50.2 Å². The number of carboxylic acid groups (broad SMARTS) is 1. The Hall–Kier alpha value is -1.35. The van der Waals surface area contributed by atoms with Gasteiger partial charge in [-0.1, -0.05) is 53.2 Å². The Morgan fingerprint density at radius 3 is 2.02 bits per heavy atom. The van der Waals surface area contributed by atoms with Crippen molar-refractivity contribution in [3.05, 3.63) is 11.6 Å². The monoisotopic (exact) mass is 828 g/mol. The molecule has 0 aromatic rings. The average molecular weight is 829 g/mol. The number of ether oxygens (including phenoxy) is 4. The summed E-state index contributed by atoms with van der Waals surface area (Å²) < 4.78 is 23.3. The second-order valence-corrected chi connectivity index (χ2v) is 20.8. The normalized spacial score (nSPS) is 55.3. The Bertz CT molecular complexity index is 1570. The van der Waals surface area contributed by atoms with Gasteiger partial charge < -0.3 is 75.1 Å². The van der Waals surface area contributed by atoms with Crippen molar-refractivity contribution >= 4 is 5.97 Å².